The van der Waals surface area contributed by atoms with Crippen LogP contribution in [0.3, 0.4) is 0 Å². The predicted octanol–water partition coefficient (Wildman–Crippen LogP) is 2.35. The first-order valence-corrected chi connectivity index (χ1v) is 7.92. The van der Waals surface area contributed by atoms with Crippen LogP contribution < -0.4 is 0 Å². The van der Waals surface area contributed by atoms with Crippen molar-refractivity contribution in [2.24, 2.45) is 7.05 Å². The molecule has 86 valence electrons. The van der Waals surface area contributed by atoms with Crippen LogP contribution in [0.5, 0.6) is 0 Å². The Labute approximate surface area is 96.7 Å². The lowest BCUT2D eigenvalue weighted by atomic mass is 10.2. The second-order valence-corrected chi connectivity index (χ2v) is 7.80. The van der Waals surface area contributed by atoms with Crippen molar-refractivity contribution >= 4 is 20.8 Å². The van der Waals surface area contributed by atoms with Gasteiger partial charge in [-0.15, -0.1) is 0 Å². The van der Waals surface area contributed by atoms with Gasteiger partial charge in [0.25, 0.3) is 0 Å². The highest BCUT2D eigenvalue weighted by atomic mass is 32.2. The molecule has 0 aliphatic carbocycles. The van der Waals surface area contributed by atoms with Crippen LogP contribution in [0.4, 0.5) is 0 Å². The number of thiol groups is 1. The molecule has 1 aromatic carbocycles. The molecule has 1 saturated heterocycles. The lowest BCUT2D eigenvalue weighted by molar-refractivity contribution is 0.665. The van der Waals surface area contributed by atoms with Crippen LogP contribution in [0.1, 0.15) is 12.8 Å². The standard InChI is InChI=1S/C13H17NOS/c1-14-12-7-3-2-6-11(12)10-13(14)16(15)8-4-5-9-16/h2-3,6-7,10,16H,4-5,8-9H2,1H3. The van der Waals surface area contributed by atoms with E-state index >= 15 is 0 Å². The summed E-state index contributed by atoms with van der Waals surface area (Å²) >= 11 is 0. The Hall–Kier alpha value is -1.09. The van der Waals surface area contributed by atoms with Gasteiger partial charge in [-0.2, -0.15) is 0 Å². The van der Waals surface area contributed by atoms with E-state index < -0.39 is 9.93 Å². The van der Waals surface area contributed by atoms with Gasteiger partial charge in [0, 0.05) is 29.5 Å². The van der Waals surface area contributed by atoms with Crippen LogP contribution >= 0.6 is 0 Å². The van der Waals surface area contributed by atoms with Crippen LogP contribution in [0.15, 0.2) is 35.4 Å². The number of aryl methyl sites for hydroxylation is 1. The van der Waals surface area contributed by atoms with E-state index in [1.807, 2.05) is 19.2 Å². The first-order valence-electron chi connectivity index (χ1n) is 5.84. The van der Waals surface area contributed by atoms with Crippen molar-refractivity contribution in [3.63, 3.8) is 0 Å². The molecule has 0 saturated carbocycles. The van der Waals surface area contributed by atoms with Gasteiger partial charge in [0.15, 0.2) is 0 Å². The second-order valence-electron chi connectivity index (χ2n) is 4.66. The number of fused-ring (bicyclic) bond motifs is 1. The van der Waals surface area contributed by atoms with Gasteiger partial charge >= 0.3 is 0 Å². The van der Waals surface area contributed by atoms with Crippen LogP contribution in [0, 0.1) is 0 Å². The van der Waals surface area contributed by atoms with Crippen molar-refractivity contribution in [2.75, 3.05) is 11.5 Å². The van der Waals surface area contributed by atoms with Gasteiger partial charge in [-0.25, -0.2) is 0 Å². The summed E-state index contributed by atoms with van der Waals surface area (Å²) in [6.07, 6.45) is 2.25. The molecule has 0 atom stereocenters. The zero-order valence-corrected chi connectivity index (χ0v) is 10.4. The SMILES string of the molecule is Cn1c([SH]2(=O)CCCC2)cc2ccccc21. The summed E-state index contributed by atoms with van der Waals surface area (Å²) < 4.78 is 14.9. The largest absolute Gasteiger partial charge is 0.338 e. The third kappa shape index (κ3) is 1.34. The van der Waals surface area contributed by atoms with E-state index in [1.165, 1.54) is 10.9 Å². The Morgan fingerprint density at radius 2 is 1.88 bits per heavy atom. The third-order valence-electron chi connectivity index (χ3n) is 3.63. The highest BCUT2D eigenvalue weighted by Gasteiger charge is 2.26. The number of hydrogen-bond donors (Lipinski definition) is 1. The highest BCUT2D eigenvalue weighted by Crippen LogP contribution is 2.31. The number of hydrogen-bond acceptors (Lipinski definition) is 1. The first kappa shape index (κ1) is 10.1. The van der Waals surface area contributed by atoms with Crippen molar-refractivity contribution in [1.82, 2.24) is 4.57 Å². The molecule has 0 bridgehead atoms. The van der Waals surface area contributed by atoms with E-state index in [1.54, 1.807) is 0 Å². The molecule has 3 heteroatoms. The van der Waals surface area contributed by atoms with Crippen molar-refractivity contribution in [3.8, 4) is 0 Å². The zero-order valence-electron chi connectivity index (χ0n) is 9.52. The Morgan fingerprint density at radius 3 is 2.56 bits per heavy atom. The maximum Gasteiger partial charge on any atom is 0.0827 e. The fourth-order valence-electron chi connectivity index (χ4n) is 2.74. The summed E-state index contributed by atoms with van der Waals surface area (Å²) in [5, 5.41) is 2.29. The molecule has 1 fully saturated rings. The Kier molecular flexibility index (Phi) is 2.18. The average Bonchev–Trinajstić information content (AvgIpc) is 2.86. The van der Waals surface area contributed by atoms with Crippen LogP contribution in [0.25, 0.3) is 10.9 Å². The molecule has 1 aromatic heterocycles. The fourth-order valence-corrected chi connectivity index (χ4v) is 5.92. The summed E-state index contributed by atoms with van der Waals surface area (Å²) in [6, 6.07) is 10.4. The summed E-state index contributed by atoms with van der Waals surface area (Å²) in [5.74, 6) is 1.80. The van der Waals surface area contributed by atoms with Crippen molar-refractivity contribution < 1.29 is 4.21 Å². The van der Waals surface area contributed by atoms with Crippen molar-refractivity contribution in [3.05, 3.63) is 30.3 Å². The molecular formula is C13H17NOS. The Balaban J connectivity index is 2.24. The number of aromatic nitrogens is 1. The first-order chi connectivity index (χ1) is 7.71. The topological polar surface area (TPSA) is 22.0 Å². The van der Waals surface area contributed by atoms with Gasteiger partial charge in [0.05, 0.1) is 5.03 Å². The molecule has 1 aliphatic heterocycles. The summed E-state index contributed by atoms with van der Waals surface area (Å²) in [5.41, 5.74) is 1.19. The van der Waals surface area contributed by atoms with E-state index in [0.29, 0.717) is 0 Å². The average molecular weight is 235 g/mol. The maximum absolute atomic E-state index is 12.8. The minimum atomic E-state index is -2.07. The van der Waals surface area contributed by atoms with E-state index in [9.17, 15) is 4.21 Å². The van der Waals surface area contributed by atoms with Gasteiger partial charge in [-0.3, -0.25) is 4.21 Å². The quantitative estimate of drug-likeness (QED) is 0.753. The molecule has 2 nitrogen and oxygen atoms in total. The van der Waals surface area contributed by atoms with Gasteiger partial charge in [0.1, 0.15) is 0 Å². The molecule has 2 aromatic rings. The van der Waals surface area contributed by atoms with Crippen LogP contribution in [0.2, 0.25) is 0 Å². The monoisotopic (exact) mass is 235 g/mol. The molecule has 0 N–H and O–H groups in total. The van der Waals surface area contributed by atoms with Gasteiger partial charge in [-0.05, 0) is 25.0 Å². The Bertz CT molecular complexity index is 575. The molecule has 0 spiro atoms. The van der Waals surface area contributed by atoms with E-state index in [0.717, 1.165) is 29.4 Å². The lowest BCUT2D eigenvalue weighted by Crippen LogP contribution is -2.17. The fraction of sp³-hybridized carbons (Fsp3) is 0.385. The summed E-state index contributed by atoms with van der Waals surface area (Å²) in [7, 11) is -0.0322. The van der Waals surface area contributed by atoms with Gasteiger partial charge < -0.3 is 4.57 Å². The van der Waals surface area contributed by atoms with Crippen molar-refractivity contribution in [2.45, 2.75) is 17.9 Å². The molecule has 0 amide bonds. The normalized spacial score (nSPS) is 21.3. The molecule has 0 radical (unpaired) electrons. The van der Waals surface area contributed by atoms with Crippen molar-refractivity contribution in [1.29, 1.82) is 0 Å². The van der Waals surface area contributed by atoms with E-state index in [-0.39, 0.29) is 0 Å². The number of nitrogens with zero attached hydrogens (tertiary/aromatic N) is 1. The van der Waals surface area contributed by atoms with Crippen LogP contribution in [-0.4, -0.2) is 20.3 Å². The third-order valence-corrected chi connectivity index (χ3v) is 6.97. The minimum absolute atomic E-state index is 0.900. The van der Waals surface area contributed by atoms with E-state index in [2.05, 4.69) is 22.8 Å². The molecule has 0 unspecified atom stereocenters. The minimum Gasteiger partial charge on any atom is -0.338 e. The second kappa shape index (κ2) is 3.45. The molecule has 3 rings (SSSR count). The highest BCUT2D eigenvalue weighted by molar-refractivity contribution is 8.03. The zero-order chi connectivity index (χ0) is 11.2. The van der Waals surface area contributed by atoms with E-state index in [4.69, 9.17) is 0 Å². The molecule has 2 heterocycles. The van der Waals surface area contributed by atoms with Gasteiger partial charge in [0.2, 0.25) is 0 Å². The molecule has 1 aliphatic rings. The summed E-state index contributed by atoms with van der Waals surface area (Å²) in [4.78, 5) is 0. The molecule has 16 heavy (non-hydrogen) atoms. The lowest BCUT2D eigenvalue weighted by Gasteiger charge is -2.17. The number of para-hydroxylation sites is 1. The van der Waals surface area contributed by atoms with Gasteiger partial charge in [-0.1, -0.05) is 28.1 Å². The number of rotatable bonds is 1. The maximum atomic E-state index is 12.8. The van der Waals surface area contributed by atoms with Crippen LogP contribution in [-0.2, 0) is 17.0 Å². The molecular weight excluding hydrogens is 218 g/mol. The number of benzene rings is 1. The summed E-state index contributed by atoms with van der Waals surface area (Å²) in [6.45, 7) is 0. The Morgan fingerprint density at radius 1 is 1.19 bits per heavy atom. The smallest absolute Gasteiger partial charge is 0.0827 e. The predicted molar refractivity (Wildman–Crippen MR) is 69.7 cm³/mol.